The number of carbonyl (C=O) groups excluding carboxylic acids is 1. The molecule has 3 rings (SSSR count). The maximum Gasteiger partial charge on any atom is 0.202 e. The first-order chi connectivity index (χ1) is 9.59. The number of benzene rings is 1. The Morgan fingerprint density at radius 1 is 1.15 bits per heavy atom. The Labute approximate surface area is 119 Å². The minimum atomic E-state index is -0.553. The van der Waals surface area contributed by atoms with Crippen molar-refractivity contribution < 1.29 is 14.3 Å². The fourth-order valence-electron chi connectivity index (χ4n) is 2.95. The second-order valence-electron chi connectivity index (χ2n) is 5.87. The molecule has 1 aromatic carbocycles. The summed E-state index contributed by atoms with van der Waals surface area (Å²) in [5.41, 5.74) is 0.390. The summed E-state index contributed by atoms with van der Waals surface area (Å²) in [6, 6.07) is 7.74. The standard InChI is InChI=1S/C17H20O3/c1-12(2)19-14-7-5-13(6-8-14)15-11-16(18)17(20-15)9-3-4-10-17/h5-8,11-12H,3-4,9-10H2,1-2H3. The van der Waals surface area contributed by atoms with E-state index in [0.29, 0.717) is 5.76 Å². The highest BCUT2D eigenvalue weighted by Crippen LogP contribution is 2.42. The lowest BCUT2D eigenvalue weighted by Gasteiger charge is -2.22. The highest BCUT2D eigenvalue weighted by molar-refractivity contribution is 6.05. The fourth-order valence-corrected chi connectivity index (χ4v) is 2.95. The predicted molar refractivity (Wildman–Crippen MR) is 77.5 cm³/mol. The molecule has 3 heteroatoms. The molecule has 0 N–H and O–H groups in total. The Kier molecular flexibility index (Phi) is 3.28. The van der Waals surface area contributed by atoms with Crippen LogP contribution in [0.4, 0.5) is 0 Å². The van der Waals surface area contributed by atoms with Crippen molar-refractivity contribution in [1.29, 1.82) is 0 Å². The quantitative estimate of drug-likeness (QED) is 0.841. The van der Waals surface area contributed by atoms with Crippen LogP contribution in [0.15, 0.2) is 30.3 Å². The van der Waals surface area contributed by atoms with Crippen LogP contribution in [0, 0.1) is 0 Å². The van der Waals surface area contributed by atoms with Gasteiger partial charge in [0.1, 0.15) is 11.5 Å². The first-order valence-electron chi connectivity index (χ1n) is 7.31. The number of ketones is 1. The van der Waals surface area contributed by atoms with E-state index in [1.54, 1.807) is 6.08 Å². The van der Waals surface area contributed by atoms with Crippen LogP contribution < -0.4 is 4.74 Å². The van der Waals surface area contributed by atoms with Gasteiger partial charge in [-0.2, -0.15) is 0 Å². The van der Waals surface area contributed by atoms with Gasteiger partial charge < -0.3 is 9.47 Å². The van der Waals surface area contributed by atoms with E-state index in [0.717, 1.165) is 37.0 Å². The van der Waals surface area contributed by atoms with Crippen molar-refractivity contribution in [3.63, 3.8) is 0 Å². The minimum absolute atomic E-state index is 0.132. The third-order valence-corrected chi connectivity index (χ3v) is 3.94. The lowest BCUT2D eigenvalue weighted by Crippen LogP contribution is -2.32. The molecule has 3 nitrogen and oxygen atoms in total. The molecule has 20 heavy (non-hydrogen) atoms. The molecule has 0 atom stereocenters. The van der Waals surface area contributed by atoms with E-state index in [-0.39, 0.29) is 11.9 Å². The Morgan fingerprint density at radius 2 is 1.80 bits per heavy atom. The van der Waals surface area contributed by atoms with Gasteiger partial charge >= 0.3 is 0 Å². The number of rotatable bonds is 3. The van der Waals surface area contributed by atoms with Crippen LogP contribution in [0.5, 0.6) is 5.75 Å². The van der Waals surface area contributed by atoms with Gasteiger partial charge in [-0.1, -0.05) is 0 Å². The maximum atomic E-state index is 12.2. The SMILES string of the molecule is CC(C)Oc1ccc(C2=CC(=O)C3(CCCC3)O2)cc1. The van der Waals surface area contributed by atoms with Gasteiger partial charge in [-0.3, -0.25) is 4.79 Å². The van der Waals surface area contributed by atoms with Crippen molar-refractivity contribution in [2.24, 2.45) is 0 Å². The summed E-state index contributed by atoms with van der Waals surface area (Å²) in [6.07, 6.45) is 5.66. The molecule has 1 aromatic rings. The zero-order chi connectivity index (χ0) is 14.2. The van der Waals surface area contributed by atoms with E-state index in [1.165, 1.54) is 0 Å². The summed E-state index contributed by atoms with van der Waals surface area (Å²) in [5.74, 6) is 1.67. The molecule has 2 aliphatic rings. The molecule has 0 aromatic heterocycles. The summed E-state index contributed by atoms with van der Waals surface area (Å²) < 4.78 is 11.6. The molecule has 0 radical (unpaired) electrons. The summed E-state index contributed by atoms with van der Waals surface area (Å²) in [7, 11) is 0. The first-order valence-corrected chi connectivity index (χ1v) is 7.31. The second-order valence-corrected chi connectivity index (χ2v) is 5.87. The molecule has 1 spiro atoms. The van der Waals surface area contributed by atoms with E-state index in [9.17, 15) is 4.79 Å². The van der Waals surface area contributed by atoms with Crippen molar-refractivity contribution in [2.75, 3.05) is 0 Å². The lowest BCUT2D eigenvalue weighted by molar-refractivity contribution is -0.128. The molecule has 1 heterocycles. The van der Waals surface area contributed by atoms with Gasteiger partial charge in [0.25, 0.3) is 0 Å². The molecule has 0 saturated heterocycles. The molecule has 0 amide bonds. The maximum absolute atomic E-state index is 12.2. The third kappa shape index (κ3) is 2.33. The lowest BCUT2D eigenvalue weighted by atomic mass is 9.98. The topological polar surface area (TPSA) is 35.5 Å². The van der Waals surface area contributed by atoms with Crippen LogP contribution in [0.3, 0.4) is 0 Å². The summed E-state index contributed by atoms with van der Waals surface area (Å²) in [6.45, 7) is 4.00. The van der Waals surface area contributed by atoms with E-state index >= 15 is 0 Å². The molecular weight excluding hydrogens is 252 g/mol. The van der Waals surface area contributed by atoms with Gasteiger partial charge in [0.2, 0.25) is 5.78 Å². The number of hydrogen-bond donors (Lipinski definition) is 0. The second kappa shape index (κ2) is 4.97. The summed E-state index contributed by atoms with van der Waals surface area (Å²) in [5, 5.41) is 0. The van der Waals surface area contributed by atoms with Crippen molar-refractivity contribution in [3.8, 4) is 5.75 Å². The smallest absolute Gasteiger partial charge is 0.202 e. The zero-order valence-corrected chi connectivity index (χ0v) is 12.0. The van der Waals surface area contributed by atoms with Crippen LogP contribution in [-0.2, 0) is 9.53 Å². The van der Waals surface area contributed by atoms with Crippen LogP contribution in [0.2, 0.25) is 0 Å². The van der Waals surface area contributed by atoms with E-state index in [4.69, 9.17) is 9.47 Å². The van der Waals surface area contributed by atoms with Gasteiger partial charge in [0.15, 0.2) is 5.60 Å². The van der Waals surface area contributed by atoms with E-state index in [1.807, 2.05) is 38.1 Å². The van der Waals surface area contributed by atoms with Crippen molar-refractivity contribution >= 4 is 11.5 Å². The Balaban J connectivity index is 1.77. The van der Waals surface area contributed by atoms with Crippen LogP contribution in [0.1, 0.15) is 45.1 Å². The van der Waals surface area contributed by atoms with Crippen LogP contribution >= 0.6 is 0 Å². The average Bonchev–Trinajstić information content (AvgIpc) is 2.99. The molecule has 1 fully saturated rings. The van der Waals surface area contributed by atoms with Gasteiger partial charge in [-0.25, -0.2) is 0 Å². The Morgan fingerprint density at radius 3 is 2.40 bits per heavy atom. The molecule has 0 unspecified atom stereocenters. The van der Waals surface area contributed by atoms with Crippen molar-refractivity contribution in [2.45, 2.75) is 51.2 Å². The fraction of sp³-hybridized carbons (Fsp3) is 0.471. The normalized spacial score (nSPS) is 20.4. The number of hydrogen-bond acceptors (Lipinski definition) is 3. The van der Waals surface area contributed by atoms with Gasteiger partial charge in [0, 0.05) is 11.6 Å². The molecular formula is C17H20O3. The molecule has 1 aliphatic carbocycles. The molecule has 1 aliphatic heterocycles. The van der Waals surface area contributed by atoms with Gasteiger partial charge in [0.05, 0.1) is 6.10 Å². The minimum Gasteiger partial charge on any atom is -0.491 e. The zero-order valence-electron chi connectivity index (χ0n) is 12.0. The third-order valence-electron chi connectivity index (χ3n) is 3.94. The molecule has 1 saturated carbocycles. The highest BCUT2D eigenvalue weighted by atomic mass is 16.5. The first kappa shape index (κ1) is 13.2. The monoisotopic (exact) mass is 272 g/mol. The summed E-state index contributed by atoms with van der Waals surface area (Å²) in [4.78, 5) is 12.2. The predicted octanol–water partition coefficient (Wildman–Crippen LogP) is 3.73. The van der Waals surface area contributed by atoms with Crippen LogP contribution in [0.25, 0.3) is 5.76 Å². The molecule has 106 valence electrons. The van der Waals surface area contributed by atoms with Crippen molar-refractivity contribution in [1.82, 2.24) is 0 Å². The van der Waals surface area contributed by atoms with Crippen LogP contribution in [-0.4, -0.2) is 17.5 Å². The highest BCUT2D eigenvalue weighted by Gasteiger charge is 2.46. The molecule has 0 bridgehead atoms. The van der Waals surface area contributed by atoms with E-state index in [2.05, 4.69) is 0 Å². The number of carbonyl (C=O) groups is 1. The number of ether oxygens (including phenoxy) is 2. The van der Waals surface area contributed by atoms with Gasteiger partial charge in [-0.15, -0.1) is 0 Å². The van der Waals surface area contributed by atoms with E-state index < -0.39 is 5.60 Å². The summed E-state index contributed by atoms with van der Waals surface area (Å²) >= 11 is 0. The Hall–Kier alpha value is -1.77. The largest absolute Gasteiger partial charge is 0.491 e. The van der Waals surface area contributed by atoms with Gasteiger partial charge in [-0.05, 0) is 63.8 Å². The average molecular weight is 272 g/mol. The van der Waals surface area contributed by atoms with Crippen molar-refractivity contribution in [3.05, 3.63) is 35.9 Å². The Bertz CT molecular complexity index is 534.